The second kappa shape index (κ2) is 4.63. The van der Waals surface area contributed by atoms with Gasteiger partial charge in [-0.3, -0.25) is 9.36 Å². The van der Waals surface area contributed by atoms with E-state index in [9.17, 15) is 4.79 Å². The van der Waals surface area contributed by atoms with Gasteiger partial charge in [-0.2, -0.15) is 4.37 Å². The molecule has 2 aromatic heterocycles. The zero-order valence-electron chi connectivity index (χ0n) is 10.8. The number of rotatable bonds is 3. The minimum Gasteiger partial charge on any atom is -0.300 e. The van der Waals surface area contributed by atoms with Crippen molar-refractivity contribution < 1.29 is 4.79 Å². The maximum absolute atomic E-state index is 12.3. The van der Waals surface area contributed by atoms with Gasteiger partial charge in [-0.05, 0) is 23.7 Å². The largest absolute Gasteiger partial charge is 0.300 e. The fourth-order valence-corrected chi connectivity index (χ4v) is 2.71. The van der Waals surface area contributed by atoms with Crippen LogP contribution in [0.5, 0.6) is 0 Å². The van der Waals surface area contributed by atoms with Crippen LogP contribution in [0.1, 0.15) is 24.2 Å². The number of hydrogen-bond acceptors (Lipinski definition) is 3. The first-order valence-corrected chi connectivity index (χ1v) is 7.07. The molecular formula is C15H14N2OS. The summed E-state index contributed by atoms with van der Waals surface area (Å²) in [5, 5.41) is 2.93. The summed E-state index contributed by atoms with van der Waals surface area (Å²) in [4.78, 5) is 12.3. The quantitative estimate of drug-likeness (QED) is 0.676. The Morgan fingerprint density at radius 2 is 2.05 bits per heavy atom. The fraction of sp³-hybridized carbons (Fsp3) is 0.200. The van der Waals surface area contributed by atoms with Gasteiger partial charge in [0.2, 0.25) is 0 Å². The normalized spacial score (nSPS) is 11.3. The molecule has 0 aliphatic rings. The molecule has 96 valence electrons. The van der Waals surface area contributed by atoms with E-state index in [1.807, 2.05) is 60.3 Å². The van der Waals surface area contributed by atoms with Crippen LogP contribution in [0.4, 0.5) is 0 Å². The van der Waals surface area contributed by atoms with Crippen LogP contribution in [-0.2, 0) is 0 Å². The highest BCUT2D eigenvalue weighted by molar-refractivity contribution is 7.03. The minimum absolute atomic E-state index is 0.00492. The van der Waals surface area contributed by atoms with E-state index in [1.54, 1.807) is 0 Å². The van der Waals surface area contributed by atoms with Crippen molar-refractivity contribution in [2.24, 2.45) is 5.92 Å². The number of carbonyl (C=O) groups excluding carboxylic acids is 1. The number of fused-ring (bicyclic) bond motifs is 1. The first kappa shape index (κ1) is 12.1. The lowest BCUT2D eigenvalue weighted by atomic mass is 10.0. The Kier molecular flexibility index (Phi) is 2.95. The molecule has 0 unspecified atom stereocenters. The van der Waals surface area contributed by atoms with Crippen molar-refractivity contribution in [2.75, 3.05) is 0 Å². The molecule has 4 heteroatoms. The summed E-state index contributed by atoms with van der Waals surface area (Å²) in [5.41, 5.74) is 1.80. The molecule has 0 fully saturated rings. The second-order valence-corrected chi connectivity index (χ2v) is 5.47. The molecule has 1 aromatic carbocycles. The van der Waals surface area contributed by atoms with Crippen molar-refractivity contribution in [2.45, 2.75) is 13.8 Å². The van der Waals surface area contributed by atoms with Gasteiger partial charge >= 0.3 is 0 Å². The standard InChI is InChI=1S/C15H14N2OS/c1-10(2)15(18)12-9-17(14-7-8-19-16-14)13-6-4-3-5-11(12)13/h3-10H,1-2H3. The molecular weight excluding hydrogens is 256 g/mol. The van der Waals surface area contributed by atoms with E-state index in [4.69, 9.17) is 0 Å². The monoisotopic (exact) mass is 270 g/mol. The first-order valence-electron chi connectivity index (χ1n) is 6.23. The van der Waals surface area contributed by atoms with Crippen LogP contribution in [0.25, 0.3) is 16.7 Å². The van der Waals surface area contributed by atoms with E-state index in [-0.39, 0.29) is 11.7 Å². The van der Waals surface area contributed by atoms with Crippen molar-refractivity contribution in [1.29, 1.82) is 0 Å². The number of ketones is 1. The fourth-order valence-electron chi connectivity index (χ4n) is 2.21. The molecule has 2 heterocycles. The van der Waals surface area contributed by atoms with Gasteiger partial charge in [0.25, 0.3) is 0 Å². The number of carbonyl (C=O) groups is 1. The van der Waals surface area contributed by atoms with Crippen molar-refractivity contribution in [3.8, 4) is 5.82 Å². The van der Waals surface area contributed by atoms with Gasteiger partial charge in [0.15, 0.2) is 11.6 Å². The predicted molar refractivity (Wildman–Crippen MR) is 78.1 cm³/mol. The molecule has 0 bridgehead atoms. The lowest BCUT2D eigenvalue weighted by Gasteiger charge is -2.01. The van der Waals surface area contributed by atoms with Gasteiger partial charge in [0.1, 0.15) is 0 Å². The molecule has 0 spiro atoms. The molecule has 0 amide bonds. The van der Waals surface area contributed by atoms with E-state index in [1.165, 1.54) is 11.5 Å². The van der Waals surface area contributed by atoms with Crippen molar-refractivity contribution in [1.82, 2.24) is 8.94 Å². The molecule has 3 nitrogen and oxygen atoms in total. The average molecular weight is 270 g/mol. The second-order valence-electron chi connectivity index (χ2n) is 4.81. The van der Waals surface area contributed by atoms with Crippen LogP contribution in [0.2, 0.25) is 0 Å². The lowest BCUT2D eigenvalue weighted by Crippen LogP contribution is -2.06. The van der Waals surface area contributed by atoms with Gasteiger partial charge < -0.3 is 0 Å². The van der Waals surface area contributed by atoms with Crippen LogP contribution in [0.15, 0.2) is 41.9 Å². The summed E-state index contributed by atoms with van der Waals surface area (Å²) < 4.78 is 6.34. The maximum atomic E-state index is 12.3. The van der Waals surface area contributed by atoms with Crippen molar-refractivity contribution in [3.63, 3.8) is 0 Å². The Hall–Kier alpha value is -1.94. The molecule has 3 aromatic rings. The lowest BCUT2D eigenvalue weighted by molar-refractivity contribution is 0.0941. The molecule has 0 saturated carbocycles. The number of benzene rings is 1. The minimum atomic E-state index is -0.00492. The van der Waals surface area contributed by atoms with Gasteiger partial charge in [-0.1, -0.05) is 32.0 Å². The summed E-state index contributed by atoms with van der Waals surface area (Å²) in [7, 11) is 0. The zero-order valence-corrected chi connectivity index (χ0v) is 11.6. The molecule has 19 heavy (non-hydrogen) atoms. The number of aromatic nitrogens is 2. The van der Waals surface area contributed by atoms with Crippen LogP contribution in [-0.4, -0.2) is 14.7 Å². The summed E-state index contributed by atoms with van der Waals surface area (Å²) in [6.07, 6.45) is 1.90. The third-order valence-electron chi connectivity index (χ3n) is 3.17. The highest BCUT2D eigenvalue weighted by Gasteiger charge is 2.18. The molecule has 0 N–H and O–H groups in total. The van der Waals surface area contributed by atoms with E-state index in [0.717, 1.165) is 22.3 Å². The number of para-hydroxylation sites is 1. The summed E-state index contributed by atoms with van der Waals surface area (Å²) in [6, 6.07) is 9.92. The summed E-state index contributed by atoms with van der Waals surface area (Å²) >= 11 is 1.41. The number of nitrogens with zero attached hydrogens (tertiary/aromatic N) is 2. The topological polar surface area (TPSA) is 34.9 Å². The highest BCUT2D eigenvalue weighted by Crippen LogP contribution is 2.26. The molecule has 0 radical (unpaired) electrons. The SMILES string of the molecule is CC(C)C(=O)c1cn(-c2ccsn2)c2ccccc12. The van der Waals surface area contributed by atoms with Crippen molar-refractivity contribution >= 4 is 28.2 Å². The predicted octanol–water partition coefficient (Wildman–Crippen LogP) is 3.93. The Morgan fingerprint density at radius 3 is 2.74 bits per heavy atom. The molecule has 0 saturated heterocycles. The molecule has 3 rings (SSSR count). The molecule has 0 atom stereocenters. The summed E-state index contributed by atoms with van der Waals surface area (Å²) in [5.74, 6) is 1.03. The Morgan fingerprint density at radius 1 is 1.26 bits per heavy atom. The van der Waals surface area contributed by atoms with Crippen LogP contribution in [0.3, 0.4) is 0 Å². The molecule has 0 aliphatic heterocycles. The Balaban J connectivity index is 2.28. The van der Waals surface area contributed by atoms with Gasteiger partial charge in [0, 0.05) is 28.4 Å². The average Bonchev–Trinajstić information content (AvgIpc) is 3.04. The third kappa shape index (κ3) is 1.98. The number of Topliss-reactive ketones (excluding diaryl/α,β-unsaturated/α-hetero) is 1. The van der Waals surface area contributed by atoms with Crippen molar-refractivity contribution in [3.05, 3.63) is 47.5 Å². The summed E-state index contributed by atoms with van der Waals surface area (Å²) in [6.45, 7) is 3.86. The number of hydrogen-bond donors (Lipinski definition) is 0. The van der Waals surface area contributed by atoms with Gasteiger partial charge in [0.05, 0.1) is 5.52 Å². The van der Waals surface area contributed by atoms with Gasteiger partial charge in [-0.25, -0.2) is 0 Å². The van der Waals surface area contributed by atoms with Crippen LogP contribution < -0.4 is 0 Å². The van der Waals surface area contributed by atoms with E-state index in [2.05, 4.69) is 4.37 Å². The molecule has 0 aliphatic carbocycles. The van der Waals surface area contributed by atoms with Crippen LogP contribution in [0, 0.1) is 5.92 Å². The third-order valence-corrected chi connectivity index (χ3v) is 3.72. The van der Waals surface area contributed by atoms with E-state index >= 15 is 0 Å². The first-order chi connectivity index (χ1) is 9.18. The van der Waals surface area contributed by atoms with E-state index < -0.39 is 0 Å². The smallest absolute Gasteiger partial charge is 0.167 e. The highest BCUT2D eigenvalue weighted by atomic mass is 32.1. The van der Waals surface area contributed by atoms with Gasteiger partial charge in [-0.15, -0.1) is 0 Å². The Bertz CT molecular complexity index is 726. The zero-order chi connectivity index (χ0) is 13.4. The van der Waals surface area contributed by atoms with E-state index in [0.29, 0.717) is 0 Å². The van der Waals surface area contributed by atoms with Crippen LogP contribution >= 0.6 is 11.5 Å². The maximum Gasteiger partial charge on any atom is 0.167 e. The Labute approximate surface area is 115 Å².